The van der Waals surface area contributed by atoms with Gasteiger partial charge in [0.1, 0.15) is 0 Å². The molecule has 1 aliphatic heterocycles. The van der Waals surface area contributed by atoms with Gasteiger partial charge in [0, 0.05) is 22.8 Å². The van der Waals surface area contributed by atoms with Crippen LogP contribution in [0.15, 0.2) is 47.0 Å². The van der Waals surface area contributed by atoms with E-state index in [-0.39, 0.29) is 11.8 Å². The molecule has 1 fully saturated rings. The van der Waals surface area contributed by atoms with E-state index in [4.69, 9.17) is 25.6 Å². The maximum Gasteiger partial charge on any atom is 0.241 e. The lowest BCUT2D eigenvalue weighted by atomic mass is 9.97. The number of aromatic nitrogens is 2. The van der Waals surface area contributed by atoms with Crippen molar-refractivity contribution < 1.29 is 18.8 Å². The van der Waals surface area contributed by atoms with Crippen molar-refractivity contribution in [3.05, 3.63) is 53.4 Å². The highest BCUT2D eigenvalue weighted by atomic mass is 35.5. The highest BCUT2D eigenvalue weighted by molar-refractivity contribution is 6.30. The molecule has 0 bridgehead atoms. The highest BCUT2D eigenvalue weighted by Gasteiger charge is 2.27. The number of rotatable bonds is 7. The number of hydrogen-bond acceptors (Lipinski definition) is 7. The lowest BCUT2D eigenvalue weighted by Gasteiger charge is -2.30. The molecule has 0 spiro atoms. The lowest BCUT2D eigenvalue weighted by molar-refractivity contribution is -0.121. The van der Waals surface area contributed by atoms with Crippen molar-refractivity contribution in [2.75, 3.05) is 32.6 Å². The van der Waals surface area contributed by atoms with Crippen molar-refractivity contribution in [2.45, 2.75) is 19.4 Å². The van der Waals surface area contributed by atoms with E-state index < -0.39 is 0 Å². The standard InChI is InChI=1S/C23H25ClN4O4/c1-30-19-9-8-15(11-20(19)31-2)22-26-21(32-27-22)14-28-10-4-5-16(13-28)23(29)25-18-7-3-6-17(24)12-18/h3,6-9,11-12,16H,4-5,10,13-14H2,1-2H3,(H,25,29)/t16-/m1/s1. The average Bonchev–Trinajstić information content (AvgIpc) is 3.27. The van der Waals surface area contributed by atoms with E-state index in [9.17, 15) is 4.79 Å². The second-order valence-electron chi connectivity index (χ2n) is 7.66. The van der Waals surface area contributed by atoms with Crippen molar-refractivity contribution in [3.8, 4) is 22.9 Å². The van der Waals surface area contributed by atoms with Crippen LogP contribution in [-0.4, -0.2) is 48.3 Å². The summed E-state index contributed by atoms with van der Waals surface area (Å²) in [5.41, 5.74) is 1.48. The van der Waals surface area contributed by atoms with Crippen LogP contribution < -0.4 is 14.8 Å². The molecule has 4 rings (SSSR count). The molecule has 8 nitrogen and oxygen atoms in total. The zero-order chi connectivity index (χ0) is 22.5. The number of hydrogen-bond donors (Lipinski definition) is 1. The number of methoxy groups -OCH3 is 2. The zero-order valence-electron chi connectivity index (χ0n) is 18.0. The van der Waals surface area contributed by atoms with Crippen LogP contribution in [0.1, 0.15) is 18.7 Å². The smallest absolute Gasteiger partial charge is 0.241 e. The second kappa shape index (κ2) is 10.0. The van der Waals surface area contributed by atoms with E-state index in [0.717, 1.165) is 24.9 Å². The number of carbonyl (C=O) groups is 1. The Morgan fingerprint density at radius 3 is 2.84 bits per heavy atom. The summed E-state index contributed by atoms with van der Waals surface area (Å²) in [5.74, 6) is 2.10. The molecule has 1 atom stereocenters. The van der Waals surface area contributed by atoms with Gasteiger partial charge in [-0.1, -0.05) is 22.8 Å². The summed E-state index contributed by atoms with van der Waals surface area (Å²) in [6.45, 7) is 1.98. The van der Waals surface area contributed by atoms with E-state index >= 15 is 0 Å². The monoisotopic (exact) mass is 456 g/mol. The normalized spacial score (nSPS) is 16.5. The van der Waals surface area contributed by atoms with Gasteiger partial charge in [0.2, 0.25) is 17.6 Å². The molecule has 0 unspecified atom stereocenters. The molecule has 1 saturated heterocycles. The average molecular weight is 457 g/mol. The molecule has 168 valence electrons. The Hall–Kier alpha value is -3.10. The predicted octanol–water partition coefficient (Wildman–Crippen LogP) is 4.26. The molecule has 1 N–H and O–H groups in total. The lowest BCUT2D eigenvalue weighted by Crippen LogP contribution is -2.40. The number of ether oxygens (including phenoxy) is 2. The van der Waals surface area contributed by atoms with Crippen molar-refractivity contribution in [3.63, 3.8) is 0 Å². The Labute approximate surface area is 191 Å². The molecular weight excluding hydrogens is 432 g/mol. The van der Waals surface area contributed by atoms with Gasteiger partial charge < -0.3 is 19.3 Å². The number of carbonyl (C=O) groups excluding carboxylic acids is 1. The first-order chi connectivity index (χ1) is 15.6. The summed E-state index contributed by atoms with van der Waals surface area (Å²) in [6.07, 6.45) is 1.76. The van der Waals surface area contributed by atoms with E-state index in [1.807, 2.05) is 24.3 Å². The minimum absolute atomic E-state index is 0.00601. The molecule has 1 aromatic heterocycles. The third kappa shape index (κ3) is 5.20. The summed E-state index contributed by atoms with van der Waals surface area (Å²) in [6, 6.07) is 12.6. The Morgan fingerprint density at radius 2 is 2.06 bits per heavy atom. The minimum Gasteiger partial charge on any atom is -0.493 e. The highest BCUT2D eigenvalue weighted by Crippen LogP contribution is 2.31. The maximum absolute atomic E-state index is 12.7. The fraction of sp³-hybridized carbons (Fsp3) is 0.348. The van der Waals surface area contributed by atoms with Gasteiger partial charge in [0.25, 0.3) is 0 Å². The molecular formula is C23H25ClN4O4. The van der Waals surface area contributed by atoms with E-state index in [1.54, 1.807) is 32.4 Å². The zero-order valence-corrected chi connectivity index (χ0v) is 18.8. The topological polar surface area (TPSA) is 89.7 Å². The van der Waals surface area contributed by atoms with Crippen molar-refractivity contribution in [2.24, 2.45) is 5.92 Å². The molecule has 1 amide bonds. The predicted molar refractivity (Wildman–Crippen MR) is 121 cm³/mol. The first kappa shape index (κ1) is 22.1. The van der Waals surface area contributed by atoms with Crippen LogP contribution in [0.2, 0.25) is 5.02 Å². The molecule has 0 radical (unpaired) electrons. The fourth-order valence-electron chi connectivity index (χ4n) is 3.83. The van der Waals surface area contributed by atoms with E-state index in [1.165, 1.54) is 0 Å². The van der Waals surface area contributed by atoms with Crippen LogP contribution >= 0.6 is 11.6 Å². The minimum atomic E-state index is -0.115. The molecule has 32 heavy (non-hydrogen) atoms. The van der Waals surface area contributed by atoms with E-state index in [2.05, 4.69) is 20.4 Å². The number of benzene rings is 2. The summed E-state index contributed by atoms with van der Waals surface area (Å²) in [7, 11) is 3.17. The van der Waals surface area contributed by atoms with Gasteiger partial charge in [-0.3, -0.25) is 9.69 Å². The number of nitrogens with zero attached hydrogens (tertiary/aromatic N) is 3. The number of anilines is 1. The van der Waals surface area contributed by atoms with Gasteiger partial charge in [0.15, 0.2) is 11.5 Å². The van der Waals surface area contributed by atoms with Crippen LogP contribution in [0.3, 0.4) is 0 Å². The summed E-state index contributed by atoms with van der Waals surface area (Å²) < 4.78 is 16.1. The number of likely N-dealkylation sites (tertiary alicyclic amines) is 1. The van der Waals surface area contributed by atoms with Gasteiger partial charge in [-0.2, -0.15) is 4.98 Å². The van der Waals surface area contributed by atoms with Crippen LogP contribution in [0.5, 0.6) is 11.5 Å². The van der Waals surface area contributed by atoms with E-state index in [0.29, 0.717) is 47.0 Å². The molecule has 2 aromatic carbocycles. The number of amides is 1. The molecule has 3 aromatic rings. The van der Waals surface area contributed by atoms with Crippen molar-refractivity contribution in [1.29, 1.82) is 0 Å². The second-order valence-corrected chi connectivity index (χ2v) is 8.09. The van der Waals surface area contributed by atoms with Crippen LogP contribution in [0.4, 0.5) is 5.69 Å². The largest absolute Gasteiger partial charge is 0.493 e. The summed E-state index contributed by atoms with van der Waals surface area (Å²) in [5, 5.41) is 7.65. The molecule has 9 heteroatoms. The third-order valence-corrected chi connectivity index (χ3v) is 5.67. The maximum atomic E-state index is 12.7. The van der Waals surface area contributed by atoms with Crippen molar-refractivity contribution >= 4 is 23.2 Å². The molecule has 1 aliphatic rings. The molecule has 0 saturated carbocycles. The Morgan fingerprint density at radius 1 is 1.22 bits per heavy atom. The number of nitrogens with one attached hydrogen (secondary N) is 1. The Kier molecular flexibility index (Phi) is 6.92. The molecule has 0 aliphatic carbocycles. The first-order valence-electron chi connectivity index (χ1n) is 10.4. The van der Waals surface area contributed by atoms with Gasteiger partial charge in [-0.15, -0.1) is 0 Å². The first-order valence-corrected chi connectivity index (χ1v) is 10.8. The Balaban J connectivity index is 1.38. The quantitative estimate of drug-likeness (QED) is 0.568. The summed E-state index contributed by atoms with van der Waals surface area (Å²) >= 11 is 6.01. The van der Waals surface area contributed by atoms with Crippen molar-refractivity contribution in [1.82, 2.24) is 15.0 Å². The van der Waals surface area contributed by atoms with Crippen LogP contribution in [0, 0.1) is 5.92 Å². The Bertz CT molecular complexity index is 1090. The van der Waals surface area contributed by atoms with Crippen LogP contribution in [0.25, 0.3) is 11.4 Å². The van der Waals surface area contributed by atoms with Crippen LogP contribution in [-0.2, 0) is 11.3 Å². The van der Waals surface area contributed by atoms with Gasteiger partial charge in [-0.05, 0) is 55.8 Å². The van der Waals surface area contributed by atoms with Gasteiger partial charge in [0.05, 0.1) is 26.7 Å². The van der Waals surface area contributed by atoms with Gasteiger partial charge >= 0.3 is 0 Å². The summed E-state index contributed by atoms with van der Waals surface area (Å²) in [4.78, 5) is 19.4. The molecule has 2 heterocycles. The number of halogens is 1. The third-order valence-electron chi connectivity index (χ3n) is 5.44. The fourth-order valence-corrected chi connectivity index (χ4v) is 4.02. The SMILES string of the molecule is COc1ccc(-c2noc(CN3CCC[C@@H](C(=O)Nc4cccc(Cl)c4)C3)n2)cc1OC. The number of piperidine rings is 1. The van der Waals surface area contributed by atoms with Gasteiger partial charge in [-0.25, -0.2) is 0 Å².